The van der Waals surface area contributed by atoms with Crippen molar-refractivity contribution in [1.29, 1.82) is 0 Å². The van der Waals surface area contributed by atoms with E-state index in [0.717, 1.165) is 24.0 Å². The molecular formula is C29H34N4O4. The molecule has 2 heterocycles. The van der Waals surface area contributed by atoms with Gasteiger partial charge in [-0.1, -0.05) is 60.7 Å². The Morgan fingerprint density at radius 1 is 1.00 bits per heavy atom. The topological polar surface area (TPSA) is 84.0 Å². The number of carbonyl (C=O) groups excluding carboxylic acids is 2. The average Bonchev–Trinajstić information content (AvgIpc) is 3.42. The van der Waals surface area contributed by atoms with Crippen LogP contribution < -0.4 is 10.4 Å². The second-order valence-corrected chi connectivity index (χ2v) is 9.94. The molecular weight excluding hydrogens is 468 g/mol. The molecule has 1 aliphatic heterocycles. The number of benzene rings is 2. The van der Waals surface area contributed by atoms with Crippen LogP contribution in [-0.4, -0.2) is 47.7 Å². The summed E-state index contributed by atoms with van der Waals surface area (Å²) in [4.78, 5) is 38.9. The van der Waals surface area contributed by atoms with Crippen molar-refractivity contribution in [1.82, 2.24) is 9.88 Å². The minimum absolute atomic E-state index is 0.157. The van der Waals surface area contributed by atoms with Gasteiger partial charge in [-0.25, -0.2) is 14.8 Å². The zero-order valence-corrected chi connectivity index (χ0v) is 21.9. The van der Waals surface area contributed by atoms with E-state index in [1.807, 2.05) is 65.6 Å². The molecule has 0 aliphatic carbocycles. The average molecular weight is 503 g/mol. The Bertz CT molecular complexity index is 1220. The van der Waals surface area contributed by atoms with Crippen LogP contribution in [0, 0.1) is 0 Å². The highest BCUT2D eigenvalue weighted by Gasteiger charge is 2.31. The van der Waals surface area contributed by atoms with E-state index in [-0.39, 0.29) is 11.7 Å². The van der Waals surface area contributed by atoms with Gasteiger partial charge in [-0.05, 0) is 44.7 Å². The van der Waals surface area contributed by atoms with Gasteiger partial charge in [0.25, 0.3) is 5.91 Å². The molecule has 0 spiro atoms. The molecule has 1 N–H and O–H groups in total. The number of aromatic nitrogens is 1. The summed E-state index contributed by atoms with van der Waals surface area (Å²) in [5.41, 5.74) is 2.71. The Labute approximate surface area is 218 Å². The predicted molar refractivity (Wildman–Crippen MR) is 144 cm³/mol. The first-order valence-corrected chi connectivity index (χ1v) is 12.5. The van der Waals surface area contributed by atoms with E-state index in [2.05, 4.69) is 10.3 Å². The van der Waals surface area contributed by atoms with Crippen LogP contribution in [0.2, 0.25) is 0 Å². The molecule has 0 bridgehead atoms. The van der Waals surface area contributed by atoms with Crippen LogP contribution in [0.5, 0.6) is 0 Å². The van der Waals surface area contributed by atoms with Crippen LogP contribution in [0.4, 0.5) is 16.3 Å². The number of nitrogens with one attached hydrogen (secondary N) is 1. The number of hydrogen-bond donors (Lipinski definition) is 1. The molecule has 194 valence electrons. The summed E-state index contributed by atoms with van der Waals surface area (Å²) >= 11 is 0. The minimum Gasteiger partial charge on any atom is -0.444 e. The van der Waals surface area contributed by atoms with Gasteiger partial charge < -0.3 is 9.64 Å². The van der Waals surface area contributed by atoms with Gasteiger partial charge in [-0.3, -0.25) is 14.9 Å². The van der Waals surface area contributed by atoms with E-state index in [4.69, 9.17) is 9.57 Å². The lowest BCUT2D eigenvalue weighted by Gasteiger charge is -2.28. The Morgan fingerprint density at radius 2 is 1.62 bits per heavy atom. The Balaban J connectivity index is 1.88. The van der Waals surface area contributed by atoms with Crippen molar-refractivity contribution in [3.05, 3.63) is 78.0 Å². The molecule has 3 aromatic rings. The molecule has 2 amide bonds. The fraction of sp³-hybridized carbons (Fsp3) is 0.345. The molecule has 2 aromatic carbocycles. The Kier molecular flexibility index (Phi) is 8.08. The highest BCUT2D eigenvalue weighted by Crippen LogP contribution is 2.39. The number of pyridine rings is 1. The van der Waals surface area contributed by atoms with Gasteiger partial charge in [0.15, 0.2) is 0 Å². The molecule has 1 aromatic heterocycles. The van der Waals surface area contributed by atoms with Crippen LogP contribution in [0.1, 0.15) is 49.5 Å². The van der Waals surface area contributed by atoms with Crippen LogP contribution in [0.3, 0.4) is 0 Å². The first-order chi connectivity index (χ1) is 17.8. The van der Waals surface area contributed by atoms with Crippen molar-refractivity contribution < 1.29 is 19.2 Å². The summed E-state index contributed by atoms with van der Waals surface area (Å²) in [7, 11) is 1.59. The van der Waals surface area contributed by atoms with E-state index in [0.29, 0.717) is 36.4 Å². The number of likely N-dealkylation sites (tertiary alicyclic amines) is 1. The lowest BCUT2D eigenvalue weighted by molar-refractivity contribution is 0.0635. The molecule has 37 heavy (non-hydrogen) atoms. The van der Waals surface area contributed by atoms with Crippen molar-refractivity contribution >= 4 is 23.5 Å². The number of ether oxygens (including phenoxy) is 1. The van der Waals surface area contributed by atoms with E-state index in [1.165, 1.54) is 0 Å². The molecule has 8 nitrogen and oxygen atoms in total. The monoisotopic (exact) mass is 502 g/mol. The standard InChI is InChI=1S/C29H34N4O4/c1-29(2,3)37-28(35)31-26-25(27(34)32-17-11-12-18-32)24(22-15-9-6-10-16-22)23(19-30-26)33(36-4)20-21-13-7-5-8-14-21/h5-10,13-16,19H,11-12,17-18,20H2,1-4H3,(H,30,31,35). The van der Waals surface area contributed by atoms with Gasteiger partial charge in [-0.15, -0.1) is 0 Å². The number of hydrogen-bond acceptors (Lipinski definition) is 6. The lowest BCUT2D eigenvalue weighted by atomic mass is 9.97. The van der Waals surface area contributed by atoms with Crippen molar-refractivity contribution in [2.24, 2.45) is 0 Å². The zero-order chi connectivity index (χ0) is 26.4. The van der Waals surface area contributed by atoms with Crippen molar-refractivity contribution in [3.63, 3.8) is 0 Å². The summed E-state index contributed by atoms with van der Waals surface area (Å²) in [6.45, 7) is 7.11. The molecule has 0 atom stereocenters. The van der Waals surface area contributed by atoms with Crippen LogP contribution in [-0.2, 0) is 16.1 Å². The summed E-state index contributed by atoms with van der Waals surface area (Å²) in [6, 6.07) is 19.5. The minimum atomic E-state index is -0.700. The molecule has 8 heteroatoms. The van der Waals surface area contributed by atoms with Gasteiger partial charge in [0.2, 0.25) is 0 Å². The van der Waals surface area contributed by atoms with E-state index < -0.39 is 11.7 Å². The SMILES string of the molecule is CON(Cc1ccccc1)c1cnc(NC(=O)OC(C)(C)C)c(C(=O)N2CCCC2)c1-c1ccccc1. The van der Waals surface area contributed by atoms with Gasteiger partial charge >= 0.3 is 6.09 Å². The fourth-order valence-corrected chi connectivity index (χ4v) is 4.37. The number of nitrogens with zero attached hydrogens (tertiary/aromatic N) is 3. The first-order valence-electron chi connectivity index (χ1n) is 12.5. The zero-order valence-electron chi connectivity index (χ0n) is 21.9. The van der Waals surface area contributed by atoms with Crippen molar-refractivity contribution in [3.8, 4) is 11.1 Å². The molecule has 1 aliphatic rings. The summed E-state index contributed by atoms with van der Waals surface area (Å²) in [5.74, 6) is -0.0305. The quantitative estimate of drug-likeness (QED) is 0.405. The summed E-state index contributed by atoms with van der Waals surface area (Å²) in [5, 5.41) is 4.45. The van der Waals surface area contributed by atoms with E-state index in [1.54, 1.807) is 39.1 Å². The smallest absolute Gasteiger partial charge is 0.413 e. The Morgan fingerprint density at radius 3 is 2.22 bits per heavy atom. The van der Waals surface area contributed by atoms with Gasteiger partial charge in [0, 0.05) is 18.7 Å². The number of carbonyl (C=O) groups is 2. The van der Waals surface area contributed by atoms with Crippen molar-refractivity contribution in [2.75, 3.05) is 30.6 Å². The lowest BCUT2D eigenvalue weighted by Crippen LogP contribution is -2.32. The van der Waals surface area contributed by atoms with E-state index in [9.17, 15) is 9.59 Å². The van der Waals surface area contributed by atoms with Crippen molar-refractivity contribution in [2.45, 2.75) is 45.8 Å². The van der Waals surface area contributed by atoms with Gasteiger partial charge in [0.1, 0.15) is 11.4 Å². The maximum atomic E-state index is 14.0. The molecule has 0 radical (unpaired) electrons. The van der Waals surface area contributed by atoms with Crippen LogP contribution in [0.15, 0.2) is 66.9 Å². The first kappa shape index (κ1) is 26.2. The van der Waals surface area contributed by atoms with Gasteiger partial charge in [0.05, 0.1) is 31.1 Å². The maximum Gasteiger partial charge on any atom is 0.413 e. The third kappa shape index (κ3) is 6.46. The Hall–Kier alpha value is -3.91. The van der Waals surface area contributed by atoms with Gasteiger partial charge in [-0.2, -0.15) is 0 Å². The predicted octanol–water partition coefficient (Wildman–Crippen LogP) is 5.90. The fourth-order valence-electron chi connectivity index (χ4n) is 4.37. The van der Waals surface area contributed by atoms with Crippen LogP contribution >= 0.6 is 0 Å². The van der Waals surface area contributed by atoms with E-state index >= 15 is 0 Å². The maximum absolute atomic E-state index is 14.0. The largest absolute Gasteiger partial charge is 0.444 e. The highest BCUT2D eigenvalue weighted by molar-refractivity contribution is 6.09. The molecule has 0 unspecified atom stereocenters. The highest BCUT2D eigenvalue weighted by atomic mass is 16.7. The summed E-state index contributed by atoms with van der Waals surface area (Å²) < 4.78 is 5.48. The summed E-state index contributed by atoms with van der Waals surface area (Å²) in [6.07, 6.45) is 2.83. The second kappa shape index (κ2) is 11.4. The molecule has 1 fully saturated rings. The normalized spacial score (nSPS) is 13.4. The molecule has 1 saturated heterocycles. The number of anilines is 2. The molecule has 0 saturated carbocycles. The number of hydroxylamine groups is 1. The number of rotatable bonds is 7. The molecule has 4 rings (SSSR count). The number of amides is 2. The van der Waals surface area contributed by atoms with Crippen LogP contribution in [0.25, 0.3) is 11.1 Å². The third-order valence-electron chi connectivity index (χ3n) is 6.01. The third-order valence-corrected chi connectivity index (χ3v) is 6.01. The second-order valence-electron chi connectivity index (χ2n) is 9.94.